The summed E-state index contributed by atoms with van der Waals surface area (Å²) in [4.78, 5) is 19.1. The number of hydrogen-bond donors (Lipinski definition) is 0. The van der Waals surface area contributed by atoms with Crippen molar-refractivity contribution in [2.75, 3.05) is 19.8 Å². The molecule has 0 spiro atoms. The lowest BCUT2D eigenvalue weighted by molar-refractivity contribution is -0.137. The fourth-order valence-corrected chi connectivity index (χ4v) is 5.52. The number of halogens is 3. The molecular weight excluding hydrogens is 469 g/mol. The fraction of sp³-hybridized carbons (Fsp3) is 0.286. The predicted octanol–water partition coefficient (Wildman–Crippen LogP) is 5.91. The third-order valence-electron chi connectivity index (χ3n) is 7.16. The van der Waals surface area contributed by atoms with Gasteiger partial charge in [-0.3, -0.25) is 9.88 Å². The second-order valence-corrected chi connectivity index (χ2v) is 9.29. The van der Waals surface area contributed by atoms with E-state index in [0.29, 0.717) is 12.0 Å². The normalized spacial score (nSPS) is 21.0. The van der Waals surface area contributed by atoms with Gasteiger partial charge in [-0.1, -0.05) is 54.6 Å². The van der Waals surface area contributed by atoms with E-state index in [1.165, 1.54) is 6.20 Å². The maximum absolute atomic E-state index is 13.3. The Morgan fingerprint density at radius 2 is 1.72 bits per heavy atom. The number of fused-ring (bicyclic) bond motifs is 5. The Labute approximate surface area is 206 Å². The second kappa shape index (κ2) is 8.78. The summed E-state index contributed by atoms with van der Waals surface area (Å²) in [6.07, 6.45) is -1.60. The van der Waals surface area contributed by atoms with E-state index in [4.69, 9.17) is 9.47 Å². The van der Waals surface area contributed by atoms with Gasteiger partial charge in [0, 0.05) is 12.1 Å². The molecule has 3 aromatic rings. The minimum absolute atomic E-state index is 0.0531. The van der Waals surface area contributed by atoms with Crippen LogP contribution in [-0.4, -0.2) is 47.9 Å². The van der Waals surface area contributed by atoms with Crippen LogP contribution in [0.3, 0.4) is 0 Å². The largest absolute Gasteiger partial charge is 0.448 e. The summed E-state index contributed by atoms with van der Waals surface area (Å²) in [6.45, 7) is 0.746. The van der Waals surface area contributed by atoms with Crippen molar-refractivity contribution < 1.29 is 27.4 Å². The van der Waals surface area contributed by atoms with Crippen molar-refractivity contribution in [3.63, 3.8) is 0 Å². The molecule has 0 radical (unpaired) electrons. The average molecular weight is 492 g/mol. The molecular formula is C28H23F3N2O3. The molecule has 6 rings (SSSR count). The van der Waals surface area contributed by atoms with E-state index >= 15 is 0 Å². The lowest BCUT2D eigenvalue weighted by Gasteiger charge is -2.43. The lowest BCUT2D eigenvalue weighted by Crippen LogP contribution is -2.56. The molecule has 0 saturated carbocycles. The molecule has 1 aromatic heterocycles. The molecule has 36 heavy (non-hydrogen) atoms. The lowest BCUT2D eigenvalue weighted by atomic mass is 9.92. The van der Waals surface area contributed by atoms with Gasteiger partial charge < -0.3 is 9.47 Å². The molecule has 0 N–H and O–H groups in total. The molecule has 5 nitrogen and oxygen atoms in total. The van der Waals surface area contributed by atoms with Crippen LogP contribution in [0, 0.1) is 0 Å². The summed E-state index contributed by atoms with van der Waals surface area (Å²) in [7, 11) is 0. The highest BCUT2D eigenvalue weighted by Crippen LogP contribution is 2.44. The predicted molar refractivity (Wildman–Crippen MR) is 127 cm³/mol. The van der Waals surface area contributed by atoms with Gasteiger partial charge in [-0.25, -0.2) is 4.79 Å². The third-order valence-corrected chi connectivity index (χ3v) is 7.16. The van der Waals surface area contributed by atoms with E-state index in [-0.39, 0.29) is 37.5 Å². The second-order valence-electron chi connectivity index (χ2n) is 9.29. The molecule has 1 saturated heterocycles. The van der Waals surface area contributed by atoms with Crippen LogP contribution in [0.2, 0.25) is 0 Å². The molecule has 184 valence electrons. The molecule has 8 heteroatoms. The molecule has 1 amide bonds. The summed E-state index contributed by atoms with van der Waals surface area (Å²) in [5.74, 6) is -0.0531. The van der Waals surface area contributed by atoms with Gasteiger partial charge in [0.2, 0.25) is 0 Å². The van der Waals surface area contributed by atoms with Crippen molar-refractivity contribution in [1.82, 2.24) is 9.88 Å². The monoisotopic (exact) mass is 492 g/mol. The van der Waals surface area contributed by atoms with E-state index in [1.54, 1.807) is 11.0 Å². The van der Waals surface area contributed by atoms with Crippen LogP contribution in [-0.2, 0) is 15.7 Å². The number of carbonyl (C=O) groups excluding carboxylic acids is 1. The quantitative estimate of drug-likeness (QED) is 0.457. The maximum Gasteiger partial charge on any atom is 0.416 e. The standard InChI is InChI=1S/C28H23F3N2O3/c29-28(30,31)18-9-10-32-26(13-18)17-11-19-14-35-15-20(12-17)33(19)27(34)36-16-25-23-7-3-1-5-21(23)22-6-2-4-8-24(22)25/h1-11,13,19-20,25H,12,14-16H2. The number of carbonyl (C=O) groups is 1. The van der Waals surface area contributed by atoms with Gasteiger partial charge >= 0.3 is 12.3 Å². The highest BCUT2D eigenvalue weighted by atomic mass is 19.4. The molecule has 3 aliphatic rings. The van der Waals surface area contributed by atoms with Crippen LogP contribution in [0.4, 0.5) is 18.0 Å². The molecule has 2 aromatic carbocycles. The molecule has 3 heterocycles. The first-order chi connectivity index (χ1) is 17.4. The molecule has 2 bridgehead atoms. The van der Waals surface area contributed by atoms with E-state index in [2.05, 4.69) is 29.2 Å². The Morgan fingerprint density at radius 1 is 1.03 bits per heavy atom. The Hall–Kier alpha value is -3.65. The van der Waals surface area contributed by atoms with Gasteiger partial charge in [0.15, 0.2) is 0 Å². The number of pyridine rings is 1. The number of aromatic nitrogens is 1. The number of morpholine rings is 1. The van der Waals surface area contributed by atoms with Crippen LogP contribution < -0.4 is 0 Å². The highest BCUT2D eigenvalue weighted by molar-refractivity contribution is 5.79. The van der Waals surface area contributed by atoms with Gasteiger partial charge in [-0.05, 0) is 46.4 Å². The Balaban J connectivity index is 1.22. The van der Waals surface area contributed by atoms with Crippen LogP contribution in [0.15, 0.2) is 72.9 Å². The van der Waals surface area contributed by atoms with E-state index < -0.39 is 23.9 Å². The molecule has 2 aliphatic heterocycles. The van der Waals surface area contributed by atoms with E-state index in [9.17, 15) is 18.0 Å². The molecule has 2 unspecified atom stereocenters. The number of hydrogen-bond acceptors (Lipinski definition) is 4. The van der Waals surface area contributed by atoms with E-state index in [0.717, 1.165) is 34.4 Å². The minimum atomic E-state index is -4.45. The first-order valence-electron chi connectivity index (χ1n) is 11.9. The first-order valence-corrected chi connectivity index (χ1v) is 11.9. The van der Waals surface area contributed by atoms with Gasteiger partial charge in [0.05, 0.1) is 36.6 Å². The number of benzene rings is 2. The number of alkyl halides is 3. The number of amides is 1. The topological polar surface area (TPSA) is 51.7 Å². The van der Waals surface area contributed by atoms with Crippen LogP contribution in [0.5, 0.6) is 0 Å². The van der Waals surface area contributed by atoms with Crippen molar-refractivity contribution in [2.24, 2.45) is 0 Å². The Morgan fingerprint density at radius 3 is 2.39 bits per heavy atom. The van der Waals surface area contributed by atoms with Crippen LogP contribution in [0.1, 0.15) is 34.7 Å². The zero-order chi connectivity index (χ0) is 24.9. The summed E-state index contributed by atoms with van der Waals surface area (Å²) in [5, 5.41) is 0. The summed E-state index contributed by atoms with van der Waals surface area (Å²) >= 11 is 0. The number of ether oxygens (including phenoxy) is 2. The van der Waals surface area contributed by atoms with Crippen molar-refractivity contribution in [1.29, 1.82) is 0 Å². The maximum atomic E-state index is 13.3. The van der Waals surface area contributed by atoms with Crippen LogP contribution >= 0.6 is 0 Å². The van der Waals surface area contributed by atoms with Gasteiger partial charge in [0.1, 0.15) is 6.61 Å². The summed E-state index contributed by atoms with van der Waals surface area (Å²) in [5.41, 5.74) is 4.78. The Kier molecular flexibility index (Phi) is 5.56. The first kappa shape index (κ1) is 22.8. The van der Waals surface area contributed by atoms with Crippen LogP contribution in [0.25, 0.3) is 16.7 Å². The zero-order valence-electron chi connectivity index (χ0n) is 19.2. The van der Waals surface area contributed by atoms with Crippen molar-refractivity contribution >= 4 is 11.7 Å². The average Bonchev–Trinajstić information content (AvgIpc) is 3.20. The Bertz CT molecular complexity index is 1310. The fourth-order valence-electron chi connectivity index (χ4n) is 5.52. The number of rotatable bonds is 3. The molecule has 2 atom stereocenters. The van der Waals surface area contributed by atoms with Crippen molar-refractivity contribution in [3.8, 4) is 11.1 Å². The molecule has 1 aliphatic carbocycles. The van der Waals surface area contributed by atoms with Crippen molar-refractivity contribution in [3.05, 3.63) is 95.3 Å². The van der Waals surface area contributed by atoms with Crippen molar-refractivity contribution in [2.45, 2.75) is 30.6 Å². The number of nitrogens with zero attached hydrogens (tertiary/aromatic N) is 2. The highest BCUT2D eigenvalue weighted by Gasteiger charge is 2.40. The smallest absolute Gasteiger partial charge is 0.416 e. The minimum Gasteiger partial charge on any atom is -0.448 e. The SMILES string of the molecule is O=C(OCC1c2ccccc2-c2ccccc21)N1C2C=C(c3cc(C(F)(F)F)ccn3)CC1COC2. The van der Waals surface area contributed by atoms with Gasteiger partial charge in [-0.2, -0.15) is 13.2 Å². The third kappa shape index (κ3) is 3.95. The van der Waals surface area contributed by atoms with E-state index in [1.807, 2.05) is 24.3 Å². The molecule has 1 fully saturated rings. The summed E-state index contributed by atoms with van der Waals surface area (Å²) < 4.78 is 51.1. The van der Waals surface area contributed by atoms with Gasteiger partial charge in [0.25, 0.3) is 0 Å². The zero-order valence-corrected chi connectivity index (χ0v) is 19.2. The summed E-state index contributed by atoms with van der Waals surface area (Å²) in [6, 6.07) is 17.5. The van der Waals surface area contributed by atoms with Gasteiger partial charge in [-0.15, -0.1) is 0 Å².